The van der Waals surface area contributed by atoms with E-state index in [-0.39, 0.29) is 5.41 Å². The van der Waals surface area contributed by atoms with Crippen LogP contribution in [0.3, 0.4) is 0 Å². The van der Waals surface area contributed by atoms with Gasteiger partial charge in [-0.2, -0.15) is 5.26 Å². The number of carbonyl (C=O) groups is 1. The molecule has 0 spiro atoms. The first-order chi connectivity index (χ1) is 6.39. The van der Waals surface area contributed by atoms with Gasteiger partial charge >= 0.3 is 5.97 Å². The summed E-state index contributed by atoms with van der Waals surface area (Å²) in [4.78, 5) is 10.4. The van der Waals surface area contributed by atoms with E-state index in [1.165, 1.54) is 6.92 Å². The lowest BCUT2D eigenvalue weighted by Crippen LogP contribution is -2.21. The third-order valence-electron chi connectivity index (χ3n) is 1.96. The topological polar surface area (TPSA) is 70.3 Å². The predicted molar refractivity (Wildman–Crippen MR) is 51.7 cm³/mol. The van der Waals surface area contributed by atoms with Gasteiger partial charge in [0.15, 0.2) is 6.10 Å². The van der Waals surface area contributed by atoms with Crippen LogP contribution < -0.4 is 0 Å². The molecule has 0 bridgehead atoms. The largest absolute Gasteiger partial charge is 0.479 e. The Kier molecular flexibility index (Phi) is 5.18. The molecule has 4 heteroatoms. The van der Waals surface area contributed by atoms with Crippen LogP contribution in [0.25, 0.3) is 0 Å². The number of ether oxygens (including phenoxy) is 1. The number of carboxylic acids is 1. The maximum absolute atomic E-state index is 10.4. The number of hydrogen-bond acceptors (Lipinski definition) is 3. The molecule has 0 saturated carbocycles. The number of carboxylic acid groups (broad SMARTS) is 1. The fraction of sp³-hybridized carbons (Fsp3) is 0.800. The Labute approximate surface area is 84.5 Å². The Morgan fingerprint density at radius 1 is 1.64 bits per heavy atom. The molecule has 0 aliphatic carbocycles. The van der Waals surface area contributed by atoms with Crippen molar-refractivity contribution in [3.8, 4) is 6.07 Å². The van der Waals surface area contributed by atoms with Crippen molar-refractivity contribution in [2.75, 3.05) is 6.61 Å². The quantitative estimate of drug-likeness (QED) is 0.662. The van der Waals surface area contributed by atoms with Crippen molar-refractivity contribution in [3.63, 3.8) is 0 Å². The molecule has 0 aromatic heterocycles. The highest BCUT2D eigenvalue weighted by molar-refractivity contribution is 5.71. The summed E-state index contributed by atoms with van der Waals surface area (Å²) in [5.74, 6) is -0.954. The van der Waals surface area contributed by atoms with Crippen LogP contribution in [0.1, 0.15) is 33.6 Å². The van der Waals surface area contributed by atoms with Gasteiger partial charge in [-0.1, -0.05) is 0 Å². The van der Waals surface area contributed by atoms with E-state index >= 15 is 0 Å². The zero-order valence-electron chi connectivity index (χ0n) is 8.91. The monoisotopic (exact) mass is 199 g/mol. The standard InChI is InChI=1S/C10H17NO3/c1-8(9(12)13)14-6-4-5-10(2,3)7-11/h8H,4-6H2,1-3H3,(H,12,13)/t8-/m1/s1. The minimum Gasteiger partial charge on any atom is -0.479 e. The molecule has 0 saturated heterocycles. The third kappa shape index (κ3) is 5.55. The Morgan fingerprint density at radius 2 is 2.21 bits per heavy atom. The van der Waals surface area contributed by atoms with Crippen LogP contribution in [-0.4, -0.2) is 23.8 Å². The number of nitriles is 1. The van der Waals surface area contributed by atoms with E-state index in [0.29, 0.717) is 13.0 Å². The minimum absolute atomic E-state index is 0.351. The lowest BCUT2D eigenvalue weighted by atomic mass is 9.90. The second kappa shape index (κ2) is 5.61. The fourth-order valence-electron chi connectivity index (χ4n) is 0.901. The molecule has 0 aromatic carbocycles. The molecule has 4 nitrogen and oxygen atoms in total. The first-order valence-corrected chi connectivity index (χ1v) is 4.65. The molecule has 0 fully saturated rings. The summed E-state index contributed by atoms with van der Waals surface area (Å²) in [6, 6.07) is 2.18. The van der Waals surface area contributed by atoms with E-state index in [9.17, 15) is 4.79 Å². The Bertz CT molecular complexity index is 230. The molecule has 0 aromatic rings. The van der Waals surface area contributed by atoms with Crippen LogP contribution in [0, 0.1) is 16.7 Å². The van der Waals surface area contributed by atoms with Gasteiger partial charge < -0.3 is 9.84 Å². The predicted octanol–water partition coefficient (Wildman–Crippen LogP) is 1.81. The molecule has 1 N–H and O–H groups in total. The summed E-state index contributed by atoms with van der Waals surface area (Å²) in [5, 5.41) is 17.2. The van der Waals surface area contributed by atoms with Gasteiger partial charge in [-0.25, -0.2) is 4.79 Å². The van der Waals surface area contributed by atoms with Crippen LogP contribution in [0.15, 0.2) is 0 Å². The average Bonchev–Trinajstić information content (AvgIpc) is 2.12. The maximum atomic E-state index is 10.4. The van der Waals surface area contributed by atoms with Crippen molar-refractivity contribution in [2.24, 2.45) is 5.41 Å². The lowest BCUT2D eigenvalue weighted by Gasteiger charge is -2.15. The number of hydrogen-bond donors (Lipinski definition) is 1. The van der Waals surface area contributed by atoms with Gasteiger partial charge in [0, 0.05) is 6.61 Å². The minimum atomic E-state index is -0.954. The molecule has 0 radical (unpaired) electrons. The van der Waals surface area contributed by atoms with E-state index in [2.05, 4.69) is 6.07 Å². The Balaban J connectivity index is 3.58. The maximum Gasteiger partial charge on any atom is 0.332 e. The first-order valence-electron chi connectivity index (χ1n) is 4.65. The highest BCUT2D eigenvalue weighted by atomic mass is 16.5. The van der Waals surface area contributed by atoms with Gasteiger partial charge in [0.05, 0.1) is 11.5 Å². The van der Waals surface area contributed by atoms with Crippen LogP contribution in [0.4, 0.5) is 0 Å². The van der Waals surface area contributed by atoms with Crippen molar-refractivity contribution >= 4 is 5.97 Å². The van der Waals surface area contributed by atoms with Crippen LogP contribution in [-0.2, 0) is 9.53 Å². The van der Waals surface area contributed by atoms with Crippen molar-refractivity contribution < 1.29 is 14.6 Å². The van der Waals surface area contributed by atoms with Crippen molar-refractivity contribution in [2.45, 2.75) is 39.7 Å². The zero-order chi connectivity index (χ0) is 11.2. The Hall–Kier alpha value is -1.08. The summed E-state index contributed by atoms with van der Waals surface area (Å²) in [7, 11) is 0. The number of rotatable bonds is 6. The van der Waals surface area contributed by atoms with Gasteiger partial charge in [-0.15, -0.1) is 0 Å². The normalized spacial score (nSPS) is 13.3. The fourth-order valence-corrected chi connectivity index (χ4v) is 0.901. The molecule has 0 amide bonds. The van der Waals surface area contributed by atoms with E-state index in [1.807, 2.05) is 13.8 Å². The SMILES string of the molecule is C[C@@H](OCCCC(C)(C)C#N)C(=O)O. The molecule has 0 unspecified atom stereocenters. The summed E-state index contributed by atoms with van der Waals surface area (Å²) < 4.78 is 5.03. The molecular weight excluding hydrogens is 182 g/mol. The lowest BCUT2D eigenvalue weighted by molar-refractivity contribution is -0.149. The zero-order valence-corrected chi connectivity index (χ0v) is 8.91. The summed E-state index contributed by atoms with van der Waals surface area (Å²) in [5.41, 5.74) is -0.351. The van der Waals surface area contributed by atoms with Crippen LogP contribution >= 0.6 is 0 Å². The molecule has 0 aliphatic rings. The second-order valence-corrected chi connectivity index (χ2v) is 3.95. The molecule has 0 heterocycles. The third-order valence-corrected chi connectivity index (χ3v) is 1.96. The second-order valence-electron chi connectivity index (χ2n) is 3.95. The van der Waals surface area contributed by atoms with Crippen LogP contribution in [0.2, 0.25) is 0 Å². The molecule has 1 atom stereocenters. The van der Waals surface area contributed by atoms with Gasteiger partial charge in [-0.3, -0.25) is 0 Å². The summed E-state index contributed by atoms with van der Waals surface area (Å²) in [6.45, 7) is 5.59. The Morgan fingerprint density at radius 3 is 2.64 bits per heavy atom. The first kappa shape index (κ1) is 12.9. The van der Waals surface area contributed by atoms with Gasteiger partial charge in [-0.05, 0) is 33.6 Å². The van der Waals surface area contributed by atoms with E-state index < -0.39 is 12.1 Å². The molecular formula is C10H17NO3. The number of nitrogens with zero attached hydrogens (tertiary/aromatic N) is 1. The molecule has 14 heavy (non-hydrogen) atoms. The van der Waals surface area contributed by atoms with Crippen molar-refractivity contribution in [1.29, 1.82) is 5.26 Å². The van der Waals surface area contributed by atoms with E-state index in [0.717, 1.165) is 6.42 Å². The molecule has 0 rings (SSSR count). The summed E-state index contributed by atoms with van der Waals surface area (Å²) in [6.07, 6.45) is 0.661. The van der Waals surface area contributed by atoms with E-state index in [1.54, 1.807) is 0 Å². The van der Waals surface area contributed by atoms with E-state index in [4.69, 9.17) is 15.1 Å². The van der Waals surface area contributed by atoms with Crippen LogP contribution in [0.5, 0.6) is 0 Å². The highest BCUT2D eigenvalue weighted by Gasteiger charge is 2.16. The average molecular weight is 199 g/mol. The van der Waals surface area contributed by atoms with Gasteiger partial charge in [0.25, 0.3) is 0 Å². The smallest absolute Gasteiger partial charge is 0.332 e. The number of aliphatic carboxylic acids is 1. The van der Waals surface area contributed by atoms with Gasteiger partial charge in [0.1, 0.15) is 0 Å². The van der Waals surface area contributed by atoms with Crippen molar-refractivity contribution in [1.82, 2.24) is 0 Å². The molecule has 80 valence electrons. The molecule has 0 aliphatic heterocycles. The highest BCUT2D eigenvalue weighted by Crippen LogP contribution is 2.20. The van der Waals surface area contributed by atoms with Crippen molar-refractivity contribution in [3.05, 3.63) is 0 Å². The summed E-state index contributed by atoms with van der Waals surface area (Å²) >= 11 is 0. The van der Waals surface area contributed by atoms with Gasteiger partial charge in [0.2, 0.25) is 0 Å².